The Balaban J connectivity index is 0.00000208. The fourth-order valence-electron chi connectivity index (χ4n) is 2.41. The van der Waals surface area contributed by atoms with Gasteiger partial charge in [0.2, 0.25) is 5.89 Å². The molecule has 1 aromatic heterocycles. The third-order valence-electron chi connectivity index (χ3n) is 4.05. The van der Waals surface area contributed by atoms with E-state index in [-0.39, 0.29) is 23.3 Å². The molecule has 3 N–H and O–H groups in total. The number of carbonyl (C=O) groups excluding carboxylic acids is 1. The molecular formula is C15H17Cl3N4O2. The van der Waals surface area contributed by atoms with Crippen molar-refractivity contribution in [2.75, 3.05) is 0 Å². The first-order valence-corrected chi connectivity index (χ1v) is 8.04. The van der Waals surface area contributed by atoms with Gasteiger partial charge >= 0.3 is 0 Å². The Labute approximate surface area is 155 Å². The van der Waals surface area contributed by atoms with Gasteiger partial charge in [0.1, 0.15) is 6.04 Å². The molecule has 0 saturated heterocycles. The Morgan fingerprint density at radius 1 is 1.42 bits per heavy atom. The van der Waals surface area contributed by atoms with Crippen LogP contribution >= 0.6 is 35.6 Å². The molecule has 3 rings (SSSR count). The smallest absolute Gasteiger partial charge is 0.253 e. The van der Waals surface area contributed by atoms with Crippen molar-refractivity contribution < 1.29 is 9.32 Å². The van der Waals surface area contributed by atoms with Gasteiger partial charge in [-0.2, -0.15) is 4.98 Å². The quantitative estimate of drug-likeness (QED) is 0.830. The average Bonchev–Trinajstić information content (AvgIpc) is 2.97. The molecule has 0 bridgehead atoms. The Bertz CT molecular complexity index is 746. The molecule has 6 nitrogen and oxygen atoms in total. The minimum absolute atomic E-state index is 0. The molecule has 1 aliphatic rings. The van der Waals surface area contributed by atoms with Crippen molar-refractivity contribution in [3.8, 4) is 0 Å². The number of amides is 1. The van der Waals surface area contributed by atoms with Crippen LogP contribution in [0.5, 0.6) is 0 Å². The summed E-state index contributed by atoms with van der Waals surface area (Å²) in [7, 11) is 0. The van der Waals surface area contributed by atoms with E-state index in [0.29, 0.717) is 22.3 Å². The Morgan fingerprint density at radius 2 is 2.12 bits per heavy atom. The van der Waals surface area contributed by atoms with Crippen molar-refractivity contribution in [3.05, 3.63) is 45.5 Å². The highest BCUT2D eigenvalue weighted by atomic mass is 35.5. The van der Waals surface area contributed by atoms with Crippen LogP contribution in [-0.4, -0.2) is 16.0 Å². The number of benzene rings is 1. The van der Waals surface area contributed by atoms with Gasteiger partial charge in [-0.3, -0.25) is 4.79 Å². The van der Waals surface area contributed by atoms with Crippen LogP contribution < -0.4 is 11.1 Å². The van der Waals surface area contributed by atoms with Crippen LogP contribution in [-0.2, 0) is 5.54 Å². The van der Waals surface area contributed by atoms with E-state index in [1.165, 1.54) is 0 Å². The standard InChI is InChI=1S/C15H16Cl2N4O2.ClH/c1-8(13-20-14(21-23-13)15(18)6-3-7-15)19-12(22)9-4-2-5-10(16)11(9)17;/h2,4-5,8H,3,6-7,18H2,1H3,(H,19,22);1H. The number of nitrogens with one attached hydrogen (secondary N) is 1. The van der Waals surface area contributed by atoms with Gasteiger partial charge in [-0.1, -0.05) is 34.4 Å². The molecule has 2 aromatic rings. The van der Waals surface area contributed by atoms with Gasteiger partial charge in [-0.15, -0.1) is 12.4 Å². The van der Waals surface area contributed by atoms with Crippen LogP contribution in [0.25, 0.3) is 0 Å². The molecule has 9 heteroatoms. The molecule has 1 saturated carbocycles. The van der Waals surface area contributed by atoms with Crippen molar-refractivity contribution >= 4 is 41.5 Å². The van der Waals surface area contributed by atoms with E-state index >= 15 is 0 Å². The summed E-state index contributed by atoms with van der Waals surface area (Å²) in [5.74, 6) is 0.430. The molecule has 1 atom stereocenters. The van der Waals surface area contributed by atoms with Crippen molar-refractivity contribution in [2.24, 2.45) is 5.73 Å². The predicted octanol–water partition coefficient (Wildman–Crippen LogP) is 3.63. The molecule has 24 heavy (non-hydrogen) atoms. The number of halogens is 3. The summed E-state index contributed by atoms with van der Waals surface area (Å²) in [6, 6.07) is 4.40. The van der Waals surface area contributed by atoms with Gasteiger partial charge < -0.3 is 15.6 Å². The highest BCUT2D eigenvalue weighted by Crippen LogP contribution is 2.37. The zero-order valence-corrected chi connectivity index (χ0v) is 15.2. The second-order valence-corrected chi connectivity index (χ2v) is 6.55. The third kappa shape index (κ3) is 3.52. The molecule has 1 unspecified atom stereocenters. The highest BCUT2D eigenvalue weighted by Gasteiger charge is 2.39. The summed E-state index contributed by atoms with van der Waals surface area (Å²) >= 11 is 12.0. The van der Waals surface area contributed by atoms with Crippen molar-refractivity contribution in [1.82, 2.24) is 15.5 Å². The maximum atomic E-state index is 12.3. The number of carbonyl (C=O) groups is 1. The SMILES string of the molecule is CC(NC(=O)c1cccc(Cl)c1Cl)c1nc(C2(N)CCC2)no1.Cl. The van der Waals surface area contributed by atoms with Gasteiger partial charge in [0.15, 0.2) is 5.82 Å². The number of rotatable bonds is 4. The zero-order valence-electron chi connectivity index (χ0n) is 12.9. The molecule has 1 aromatic carbocycles. The molecule has 0 spiro atoms. The lowest BCUT2D eigenvalue weighted by Gasteiger charge is -2.34. The second-order valence-electron chi connectivity index (χ2n) is 5.76. The Morgan fingerprint density at radius 3 is 2.75 bits per heavy atom. The molecule has 1 aliphatic carbocycles. The lowest BCUT2D eigenvalue weighted by molar-refractivity contribution is 0.0932. The first kappa shape index (κ1) is 19.0. The molecule has 0 aliphatic heterocycles. The number of aromatic nitrogens is 2. The maximum Gasteiger partial charge on any atom is 0.253 e. The minimum Gasteiger partial charge on any atom is -0.340 e. The average molecular weight is 392 g/mol. The summed E-state index contributed by atoms with van der Waals surface area (Å²) in [6.45, 7) is 1.75. The first-order valence-electron chi connectivity index (χ1n) is 7.28. The lowest BCUT2D eigenvalue weighted by Crippen LogP contribution is -2.44. The van der Waals surface area contributed by atoms with Gasteiger partial charge in [0.25, 0.3) is 5.91 Å². The van der Waals surface area contributed by atoms with Crippen molar-refractivity contribution in [2.45, 2.75) is 37.8 Å². The van der Waals surface area contributed by atoms with E-state index < -0.39 is 11.6 Å². The summed E-state index contributed by atoms with van der Waals surface area (Å²) in [6.07, 6.45) is 2.73. The summed E-state index contributed by atoms with van der Waals surface area (Å²) in [5, 5.41) is 7.23. The molecule has 130 valence electrons. The maximum absolute atomic E-state index is 12.3. The van der Waals surface area contributed by atoms with Crippen LogP contribution in [0.2, 0.25) is 10.0 Å². The fraction of sp³-hybridized carbons (Fsp3) is 0.400. The number of hydrogen-bond donors (Lipinski definition) is 2. The highest BCUT2D eigenvalue weighted by molar-refractivity contribution is 6.43. The van der Waals surface area contributed by atoms with Gasteiger partial charge in [-0.25, -0.2) is 0 Å². The van der Waals surface area contributed by atoms with Crippen molar-refractivity contribution in [3.63, 3.8) is 0 Å². The van der Waals surface area contributed by atoms with Crippen LogP contribution in [0, 0.1) is 0 Å². The summed E-state index contributed by atoms with van der Waals surface area (Å²) in [4.78, 5) is 16.6. The van der Waals surface area contributed by atoms with E-state index in [2.05, 4.69) is 15.5 Å². The van der Waals surface area contributed by atoms with E-state index in [9.17, 15) is 4.79 Å². The van der Waals surface area contributed by atoms with E-state index in [0.717, 1.165) is 19.3 Å². The topological polar surface area (TPSA) is 94.0 Å². The lowest BCUT2D eigenvalue weighted by atomic mass is 9.77. The van der Waals surface area contributed by atoms with Crippen LogP contribution in [0.1, 0.15) is 54.3 Å². The van der Waals surface area contributed by atoms with Gasteiger partial charge in [0.05, 0.1) is 21.1 Å². The normalized spacial score (nSPS) is 16.7. The van der Waals surface area contributed by atoms with Gasteiger partial charge in [-0.05, 0) is 38.3 Å². The van der Waals surface area contributed by atoms with Crippen LogP contribution in [0.3, 0.4) is 0 Å². The van der Waals surface area contributed by atoms with E-state index in [1.807, 2.05) is 0 Å². The third-order valence-corrected chi connectivity index (χ3v) is 4.87. The molecule has 0 radical (unpaired) electrons. The fourth-order valence-corrected chi connectivity index (χ4v) is 2.80. The first-order chi connectivity index (χ1) is 10.9. The summed E-state index contributed by atoms with van der Waals surface area (Å²) in [5.41, 5.74) is 5.96. The molecule has 1 heterocycles. The van der Waals surface area contributed by atoms with Crippen molar-refractivity contribution in [1.29, 1.82) is 0 Å². The van der Waals surface area contributed by atoms with Gasteiger partial charge in [0, 0.05) is 0 Å². The van der Waals surface area contributed by atoms with E-state index in [1.54, 1.807) is 25.1 Å². The molecular weight excluding hydrogens is 375 g/mol. The van der Waals surface area contributed by atoms with E-state index in [4.69, 9.17) is 33.5 Å². The Hall–Kier alpha value is -1.34. The second kappa shape index (κ2) is 7.27. The number of nitrogens with zero attached hydrogens (tertiary/aromatic N) is 2. The Kier molecular flexibility index (Phi) is 5.75. The number of hydrogen-bond acceptors (Lipinski definition) is 5. The van der Waals surface area contributed by atoms with Crippen LogP contribution in [0.4, 0.5) is 0 Å². The minimum atomic E-state index is -0.498. The largest absolute Gasteiger partial charge is 0.340 e. The molecule has 1 fully saturated rings. The predicted molar refractivity (Wildman–Crippen MR) is 93.6 cm³/mol. The monoisotopic (exact) mass is 390 g/mol. The number of nitrogens with two attached hydrogens (primary N) is 1. The molecule has 1 amide bonds. The summed E-state index contributed by atoms with van der Waals surface area (Å²) < 4.78 is 5.22. The zero-order chi connectivity index (χ0) is 16.6. The van der Waals surface area contributed by atoms with Crippen LogP contribution in [0.15, 0.2) is 22.7 Å².